The molecule has 8 aromatic carbocycles. The van der Waals surface area contributed by atoms with Crippen molar-refractivity contribution in [1.29, 1.82) is 0 Å². The van der Waals surface area contributed by atoms with E-state index >= 15 is 0 Å². The van der Waals surface area contributed by atoms with Crippen LogP contribution >= 0.6 is 23.1 Å². The van der Waals surface area contributed by atoms with Crippen LogP contribution in [0.3, 0.4) is 0 Å². The molecular formula is C48H28N2S2. The highest BCUT2D eigenvalue weighted by molar-refractivity contribution is 7.99. The summed E-state index contributed by atoms with van der Waals surface area (Å²) in [6, 6.07) is 61.3. The molecule has 0 atom stereocenters. The minimum Gasteiger partial charge on any atom is -0.226 e. The highest BCUT2D eigenvalue weighted by Gasteiger charge is 2.25. The second kappa shape index (κ2) is 11.7. The maximum absolute atomic E-state index is 5.43. The van der Waals surface area contributed by atoms with Crippen molar-refractivity contribution >= 4 is 64.9 Å². The molecule has 2 nitrogen and oxygen atoms in total. The van der Waals surface area contributed by atoms with Crippen LogP contribution in [0.2, 0.25) is 0 Å². The molecule has 242 valence electrons. The number of hydrogen-bond acceptors (Lipinski definition) is 4. The van der Waals surface area contributed by atoms with E-state index in [1.54, 1.807) is 11.3 Å². The second-order valence-corrected chi connectivity index (χ2v) is 15.4. The summed E-state index contributed by atoms with van der Waals surface area (Å²) >= 11 is 3.63. The van der Waals surface area contributed by atoms with Gasteiger partial charge in [-0.05, 0) is 74.3 Å². The maximum Gasteiger partial charge on any atom is 0.161 e. The van der Waals surface area contributed by atoms with Gasteiger partial charge in [0.2, 0.25) is 0 Å². The molecule has 0 unspecified atom stereocenters. The van der Waals surface area contributed by atoms with Gasteiger partial charge in [0.05, 0.1) is 15.9 Å². The molecule has 52 heavy (non-hydrogen) atoms. The number of nitrogens with zero attached hydrogens (tertiary/aromatic N) is 2. The number of aromatic nitrogens is 2. The largest absolute Gasteiger partial charge is 0.226 e. The average Bonchev–Trinajstić information content (AvgIpc) is 3.59. The molecule has 0 saturated carbocycles. The van der Waals surface area contributed by atoms with Crippen molar-refractivity contribution in [2.24, 2.45) is 0 Å². The Hall–Kier alpha value is -6.07. The minimum absolute atomic E-state index is 0.753. The van der Waals surface area contributed by atoms with E-state index in [1.165, 1.54) is 74.8 Å². The number of thiophene rings is 1. The lowest BCUT2D eigenvalue weighted by Crippen LogP contribution is -1.98. The van der Waals surface area contributed by atoms with Crippen LogP contribution in [0.25, 0.3) is 97.9 Å². The van der Waals surface area contributed by atoms with Gasteiger partial charge in [0.1, 0.15) is 0 Å². The fourth-order valence-electron chi connectivity index (χ4n) is 7.83. The molecule has 10 aromatic rings. The van der Waals surface area contributed by atoms with Gasteiger partial charge in [-0.2, -0.15) is 0 Å². The minimum atomic E-state index is 0.753. The maximum atomic E-state index is 5.43. The van der Waals surface area contributed by atoms with Crippen LogP contribution in [-0.4, -0.2) is 9.97 Å². The Morgan fingerprint density at radius 3 is 2.04 bits per heavy atom. The molecule has 0 radical (unpaired) electrons. The predicted molar refractivity (Wildman–Crippen MR) is 221 cm³/mol. The van der Waals surface area contributed by atoms with Gasteiger partial charge in [0.25, 0.3) is 0 Å². The number of fused-ring (bicyclic) bond motifs is 6. The normalized spacial score (nSPS) is 12.2. The molecule has 11 rings (SSSR count). The van der Waals surface area contributed by atoms with Crippen molar-refractivity contribution in [3.8, 4) is 56.0 Å². The third-order valence-corrected chi connectivity index (χ3v) is 12.6. The van der Waals surface area contributed by atoms with Crippen LogP contribution in [0.15, 0.2) is 180 Å². The van der Waals surface area contributed by atoms with Crippen molar-refractivity contribution in [1.82, 2.24) is 9.97 Å². The first-order valence-corrected chi connectivity index (χ1v) is 19.1. The first-order chi connectivity index (χ1) is 25.8. The standard InChI is InChI=1S/C48H28N2S2/c1-2-10-29(11-3-1)31-20-23-32(24-21-31)35-15-9-19-41-43(35)39-17-8-16-36-37(26-27-42(51-41)44(36)39)48-49-45(34-25-22-30-12-4-5-13-33(30)28-34)47-46(50-48)38-14-6-7-18-40(38)52-47/h1-28H. The van der Waals surface area contributed by atoms with Gasteiger partial charge in [0, 0.05) is 42.0 Å². The Morgan fingerprint density at radius 1 is 0.423 bits per heavy atom. The van der Waals surface area contributed by atoms with Gasteiger partial charge in [-0.1, -0.05) is 151 Å². The van der Waals surface area contributed by atoms with E-state index in [2.05, 4.69) is 170 Å². The zero-order valence-electron chi connectivity index (χ0n) is 27.9. The Kier molecular flexibility index (Phi) is 6.69. The van der Waals surface area contributed by atoms with Crippen LogP contribution in [0.1, 0.15) is 0 Å². The van der Waals surface area contributed by atoms with E-state index in [0.29, 0.717) is 0 Å². The number of benzene rings is 8. The van der Waals surface area contributed by atoms with Crippen LogP contribution in [0.4, 0.5) is 0 Å². The molecule has 3 heterocycles. The average molecular weight is 697 g/mol. The number of hydrogen-bond donors (Lipinski definition) is 0. The summed E-state index contributed by atoms with van der Waals surface area (Å²) < 4.78 is 2.34. The topological polar surface area (TPSA) is 25.8 Å². The predicted octanol–water partition coefficient (Wildman–Crippen LogP) is 14.0. The fraction of sp³-hybridized carbons (Fsp3) is 0. The summed E-state index contributed by atoms with van der Waals surface area (Å²) in [6.07, 6.45) is 0. The zero-order chi connectivity index (χ0) is 34.2. The van der Waals surface area contributed by atoms with E-state index in [4.69, 9.17) is 9.97 Å². The van der Waals surface area contributed by atoms with Crippen molar-refractivity contribution in [3.63, 3.8) is 0 Å². The number of rotatable bonds is 4. The van der Waals surface area contributed by atoms with E-state index < -0.39 is 0 Å². The summed E-state index contributed by atoms with van der Waals surface area (Å²) in [4.78, 5) is 13.3. The summed E-state index contributed by atoms with van der Waals surface area (Å²) in [7, 11) is 0. The van der Waals surface area contributed by atoms with Crippen LogP contribution < -0.4 is 0 Å². The van der Waals surface area contributed by atoms with E-state index in [-0.39, 0.29) is 0 Å². The highest BCUT2D eigenvalue weighted by Crippen LogP contribution is 2.52. The Bertz CT molecular complexity index is 3030. The smallest absolute Gasteiger partial charge is 0.161 e. The molecule has 1 aliphatic heterocycles. The fourth-order valence-corrected chi connectivity index (χ4v) is 10.1. The molecule has 4 heteroatoms. The van der Waals surface area contributed by atoms with Gasteiger partial charge >= 0.3 is 0 Å². The van der Waals surface area contributed by atoms with E-state index in [0.717, 1.165) is 32.9 Å². The Labute approximate surface area is 309 Å². The molecule has 0 N–H and O–H groups in total. The van der Waals surface area contributed by atoms with E-state index in [9.17, 15) is 0 Å². The second-order valence-electron chi connectivity index (χ2n) is 13.3. The van der Waals surface area contributed by atoms with Crippen LogP contribution in [-0.2, 0) is 0 Å². The molecular weight excluding hydrogens is 669 g/mol. The quantitative estimate of drug-likeness (QED) is 0.183. The van der Waals surface area contributed by atoms with Gasteiger partial charge in [-0.15, -0.1) is 11.3 Å². The molecule has 0 fully saturated rings. The van der Waals surface area contributed by atoms with Gasteiger partial charge in [0.15, 0.2) is 5.82 Å². The van der Waals surface area contributed by atoms with Gasteiger partial charge < -0.3 is 0 Å². The molecule has 0 bridgehead atoms. The van der Waals surface area contributed by atoms with Gasteiger partial charge in [-0.3, -0.25) is 0 Å². The molecule has 2 aromatic heterocycles. The molecule has 0 amide bonds. The van der Waals surface area contributed by atoms with E-state index in [1.807, 2.05) is 11.8 Å². The summed E-state index contributed by atoms with van der Waals surface area (Å²) in [5, 5.41) is 6.03. The van der Waals surface area contributed by atoms with Crippen LogP contribution in [0, 0.1) is 0 Å². The molecule has 1 aliphatic rings. The van der Waals surface area contributed by atoms with Crippen molar-refractivity contribution in [2.75, 3.05) is 0 Å². The Morgan fingerprint density at radius 2 is 1.13 bits per heavy atom. The van der Waals surface area contributed by atoms with Crippen molar-refractivity contribution in [2.45, 2.75) is 9.79 Å². The molecule has 0 spiro atoms. The zero-order valence-corrected chi connectivity index (χ0v) is 29.5. The third kappa shape index (κ3) is 4.65. The first kappa shape index (κ1) is 29.6. The summed E-state index contributed by atoms with van der Waals surface area (Å²) in [5.41, 5.74) is 11.6. The SMILES string of the molecule is c1ccc(-c2ccc(-c3cccc4c3-c3cccc5c(-c6nc(-c7ccc8ccccc8c7)c7sc8ccccc8c7n6)ccc(c35)S4)cc2)cc1. The van der Waals surface area contributed by atoms with Crippen molar-refractivity contribution < 1.29 is 0 Å². The molecule has 0 saturated heterocycles. The Balaban J connectivity index is 1.11. The first-order valence-electron chi connectivity index (χ1n) is 17.5. The summed E-state index contributed by atoms with van der Waals surface area (Å²) in [6.45, 7) is 0. The lowest BCUT2D eigenvalue weighted by molar-refractivity contribution is 1.24. The van der Waals surface area contributed by atoms with Crippen molar-refractivity contribution in [3.05, 3.63) is 170 Å². The van der Waals surface area contributed by atoms with Gasteiger partial charge in [-0.25, -0.2) is 9.97 Å². The van der Waals surface area contributed by atoms with Crippen LogP contribution in [0.5, 0.6) is 0 Å². The lowest BCUT2D eigenvalue weighted by Gasteiger charge is -2.24. The summed E-state index contributed by atoms with van der Waals surface area (Å²) in [5.74, 6) is 0.753. The monoisotopic (exact) mass is 696 g/mol. The highest BCUT2D eigenvalue weighted by atomic mass is 32.2. The lowest BCUT2D eigenvalue weighted by atomic mass is 9.89. The molecule has 0 aliphatic carbocycles. The third-order valence-electron chi connectivity index (χ3n) is 10.3.